The van der Waals surface area contributed by atoms with Crippen LogP contribution in [-0.4, -0.2) is 0 Å². The summed E-state index contributed by atoms with van der Waals surface area (Å²) >= 11 is 0. The van der Waals surface area contributed by atoms with Crippen molar-refractivity contribution in [2.75, 3.05) is 0 Å². The van der Waals surface area contributed by atoms with E-state index in [0.29, 0.717) is 0 Å². The van der Waals surface area contributed by atoms with E-state index in [1.54, 1.807) is 0 Å². The standard InChI is InChI=1S/2C9H12.C8H10/c2*1-7-4-8(2)6-9(3)5-7;1-7-3-5-8(2)6-4-7/h2*4-6H,1-3H3;3-6H,1-2H3. The molecule has 0 aliphatic rings. The lowest BCUT2D eigenvalue weighted by Gasteiger charge is -1.96. The fraction of sp³-hybridized carbons (Fsp3) is 0.308. The maximum absolute atomic E-state index is 2.19. The van der Waals surface area contributed by atoms with E-state index in [1.807, 2.05) is 0 Å². The molecule has 0 saturated heterocycles. The molecule has 0 bridgehead atoms. The van der Waals surface area contributed by atoms with Crippen LogP contribution in [0.2, 0.25) is 0 Å². The van der Waals surface area contributed by atoms with E-state index in [0.717, 1.165) is 0 Å². The molecule has 138 valence electrons. The summed E-state index contributed by atoms with van der Waals surface area (Å²) in [6, 6.07) is 21.6. The van der Waals surface area contributed by atoms with Crippen LogP contribution in [0.15, 0.2) is 60.7 Å². The van der Waals surface area contributed by atoms with Crippen molar-refractivity contribution in [1.29, 1.82) is 0 Å². The molecule has 0 aromatic heterocycles. The lowest BCUT2D eigenvalue weighted by molar-refractivity contribution is 1.32. The highest BCUT2D eigenvalue weighted by Crippen LogP contribution is 2.07. The summed E-state index contributed by atoms with van der Waals surface area (Å²) < 4.78 is 0. The summed E-state index contributed by atoms with van der Waals surface area (Å²) in [4.78, 5) is 0. The first-order valence-electron chi connectivity index (χ1n) is 9.29. The fourth-order valence-electron chi connectivity index (χ4n) is 3.04. The molecule has 0 saturated carbocycles. The van der Waals surface area contributed by atoms with E-state index in [9.17, 15) is 0 Å². The van der Waals surface area contributed by atoms with Gasteiger partial charge in [-0.2, -0.15) is 0 Å². The van der Waals surface area contributed by atoms with Crippen LogP contribution in [0.5, 0.6) is 0 Å². The molecule has 0 aliphatic heterocycles. The summed E-state index contributed by atoms with van der Waals surface area (Å²) in [5.41, 5.74) is 10.8. The Bertz CT molecular complexity index is 636. The van der Waals surface area contributed by atoms with E-state index < -0.39 is 0 Å². The highest BCUT2D eigenvalue weighted by molar-refractivity contribution is 5.28. The molecule has 0 unspecified atom stereocenters. The van der Waals surface area contributed by atoms with Gasteiger partial charge in [0.1, 0.15) is 0 Å². The van der Waals surface area contributed by atoms with E-state index in [1.165, 1.54) is 44.5 Å². The number of aryl methyl sites for hydroxylation is 8. The van der Waals surface area contributed by atoms with E-state index >= 15 is 0 Å². The maximum atomic E-state index is 2.19. The van der Waals surface area contributed by atoms with E-state index in [2.05, 4.69) is 116 Å². The highest BCUT2D eigenvalue weighted by Gasteiger charge is 1.88. The third-order valence-electron chi connectivity index (χ3n) is 3.95. The quantitative estimate of drug-likeness (QED) is 0.394. The third kappa shape index (κ3) is 9.22. The molecule has 26 heavy (non-hydrogen) atoms. The van der Waals surface area contributed by atoms with Crippen LogP contribution in [0.1, 0.15) is 44.5 Å². The zero-order chi connectivity index (χ0) is 19.7. The molecule has 0 radical (unpaired) electrons. The van der Waals surface area contributed by atoms with Crippen LogP contribution in [0.4, 0.5) is 0 Å². The van der Waals surface area contributed by atoms with E-state index in [4.69, 9.17) is 0 Å². The Balaban J connectivity index is 0.000000195. The van der Waals surface area contributed by atoms with Crippen LogP contribution >= 0.6 is 0 Å². The minimum Gasteiger partial charge on any atom is -0.0591 e. The Morgan fingerprint density at radius 1 is 0.269 bits per heavy atom. The zero-order valence-electron chi connectivity index (χ0n) is 17.8. The first kappa shape index (κ1) is 21.7. The summed E-state index contributed by atoms with van der Waals surface area (Å²) in [5.74, 6) is 0. The van der Waals surface area contributed by atoms with Crippen molar-refractivity contribution in [3.63, 3.8) is 0 Å². The molecule has 0 fully saturated rings. The SMILES string of the molecule is Cc1cc(C)cc(C)c1.Cc1cc(C)cc(C)c1.Cc1ccc(C)cc1. The van der Waals surface area contributed by atoms with Crippen LogP contribution in [-0.2, 0) is 0 Å². The van der Waals surface area contributed by atoms with Crippen LogP contribution in [0, 0.1) is 55.4 Å². The van der Waals surface area contributed by atoms with Gasteiger partial charge in [-0.3, -0.25) is 0 Å². The second-order valence-corrected chi connectivity index (χ2v) is 7.48. The van der Waals surface area contributed by atoms with Gasteiger partial charge in [-0.1, -0.05) is 105 Å². The van der Waals surface area contributed by atoms with Gasteiger partial charge < -0.3 is 0 Å². The molecule has 3 aromatic carbocycles. The van der Waals surface area contributed by atoms with Gasteiger partial charge in [-0.15, -0.1) is 0 Å². The fourth-order valence-corrected chi connectivity index (χ4v) is 3.04. The van der Waals surface area contributed by atoms with Crippen LogP contribution < -0.4 is 0 Å². The van der Waals surface area contributed by atoms with Gasteiger partial charge in [0.05, 0.1) is 0 Å². The Kier molecular flexibility index (Phi) is 8.85. The number of hydrogen-bond acceptors (Lipinski definition) is 0. The number of hydrogen-bond donors (Lipinski definition) is 0. The average Bonchev–Trinajstić information content (AvgIpc) is 2.48. The first-order valence-corrected chi connectivity index (χ1v) is 9.29. The first-order chi connectivity index (χ1) is 12.2. The minimum atomic E-state index is 1.33. The lowest BCUT2D eigenvalue weighted by atomic mass is 10.1. The van der Waals surface area contributed by atoms with Gasteiger partial charge in [0, 0.05) is 0 Å². The van der Waals surface area contributed by atoms with Crippen LogP contribution in [0.25, 0.3) is 0 Å². The van der Waals surface area contributed by atoms with Crippen molar-refractivity contribution in [1.82, 2.24) is 0 Å². The van der Waals surface area contributed by atoms with E-state index in [-0.39, 0.29) is 0 Å². The number of rotatable bonds is 0. The van der Waals surface area contributed by atoms with Crippen molar-refractivity contribution in [3.8, 4) is 0 Å². The summed E-state index contributed by atoms with van der Waals surface area (Å²) in [7, 11) is 0. The smallest absolute Gasteiger partial charge is 0.0398 e. The molecule has 0 heteroatoms. The molecule has 3 rings (SSSR count). The Labute approximate surface area is 160 Å². The van der Waals surface area contributed by atoms with Gasteiger partial charge in [0.25, 0.3) is 0 Å². The summed E-state index contributed by atoms with van der Waals surface area (Å²) in [6.07, 6.45) is 0. The highest BCUT2D eigenvalue weighted by atomic mass is 13.9. The largest absolute Gasteiger partial charge is 0.0591 e. The molecule has 3 aromatic rings. The molecule has 0 spiro atoms. The van der Waals surface area contributed by atoms with Crippen molar-refractivity contribution in [2.45, 2.75) is 55.4 Å². The minimum absolute atomic E-state index is 1.33. The van der Waals surface area contributed by atoms with Crippen LogP contribution in [0.3, 0.4) is 0 Å². The van der Waals surface area contributed by atoms with Crippen molar-refractivity contribution in [3.05, 3.63) is 105 Å². The molecular formula is C26H34. The summed E-state index contributed by atoms with van der Waals surface area (Å²) in [6.45, 7) is 16.9. The predicted molar refractivity (Wildman–Crippen MR) is 117 cm³/mol. The molecule has 0 amide bonds. The van der Waals surface area contributed by atoms with Crippen molar-refractivity contribution < 1.29 is 0 Å². The molecule has 0 atom stereocenters. The maximum Gasteiger partial charge on any atom is -0.0398 e. The van der Waals surface area contributed by atoms with Crippen molar-refractivity contribution >= 4 is 0 Å². The average molecular weight is 347 g/mol. The number of benzene rings is 3. The van der Waals surface area contributed by atoms with Gasteiger partial charge in [0.15, 0.2) is 0 Å². The molecule has 0 aliphatic carbocycles. The second-order valence-electron chi connectivity index (χ2n) is 7.48. The summed E-state index contributed by atoms with van der Waals surface area (Å²) in [5, 5.41) is 0. The molecule has 0 nitrogen and oxygen atoms in total. The van der Waals surface area contributed by atoms with Gasteiger partial charge in [0.2, 0.25) is 0 Å². The Hall–Kier alpha value is -2.34. The Morgan fingerprint density at radius 3 is 0.577 bits per heavy atom. The topological polar surface area (TPSA) is 0 Å². The van der Waals surface area contributed by atoms with Gasteiger partial charge >= 0.3 is 0 Å². The van der Waals surface area contributed by atoms with Crippen molar-refractivity contribution in [2.24, 2.45) is 0 Å². The molecule has 0 N–H and O–H groups in total. The lowest BCUT2D eigenvalue weighted by Crippen LogP contribution is -1.78. The third-order valence-corrected chi connectivity index (χ3v) is 3.95. The van der Waals surface area contributed by atoms with Gasteiger partial charge in [-0.25, -0.2) is 0 Å². The Morgan fingerprint density at radius 2 is 0.423 bits per heavy atom. The zero-order valence-corrected chi connectivity index (χ0v) is 17.8. The second kappa shape index (κ2) is 10.6. The normalized spacial score (nSPS) is 9.54. The molecular weight excluding hydrogens is 312 g/mol. The molecule has 0 heterocycles. The monoisotopic (exact) mass is 346 g/mol. The predicted octanol–water partition coefficient (Wildman–Crippen LogP) is 7.53. The van der Waals surface area contributed by atoms with Gasteiger partial charge in [-0.05, 0) is 55.4 Å².